The second-order valence-corrected chi connectivity index (χ2v) is 28.6. The first-order valence-corrected chi connectivity index (χ1v) is 24.8. The Morgan fingerprint density at radius 3 is 1.14 bits per heavy atom. The summed E-state index contributed by atoms with van der Waals surface area (Å²) in [6.45, 7) is 14.8. The molecule has 264 valence electrons. The molecule has 10 rings (SSSR count). The van der Waals surface area contributed by atoms with Gasteiger partial charge in [-0.15, -0.1) is 0 Å². The minimum absolute atomic E-state index is 0.110. The second-order valence-electron chi connectivity index (χ2n) is 17.8. The van der Waals surface area contributed by atoms with E-state index in [0.717, 1.165) is 57.4 Å². The van der Waals surface area contributed by atoms with Crippen molar-refractivity contribution in [1.29, 1.82) is 0 Å². The van der Waals surface area contributed by atoms with E-state index in [-0.39, 0.29) is 35.1 Å². The Labute approximate surface area is 291 Å². The fourth-order valence-corrected chi connectivity index (χ4v) is 14.7. The molecule has 2 amide bonds. The van der Waals surface area contributed by atoms with Crippen molar-refractivity contribution in [1.82, 2.24) is 9.80 Å². The number of rotatable bonds is 2. The minimum atomic E-state index is -1.64. The maximum Gasteiger partial charge on any atom is 0.320 e. The normalized spacial score (nSPS) is 39.3. The van der Waals surface area contributed by atoms with E-state index in [0.29, 0.717) is 13.1 Å². The fraction of sp³-hybridized carbons (Fsp3) is 0.611. The quantitative estimate of drug-likeness (QED) is 0.237. The van der Waals surface area contributed by atoms with Gasteiger partial charge in [-0.05, 0) is 57.4 Å². The predicted octanol–water partition coefficient (Wildman–Crippen LogP) is 2.52. The summed E-state index contributed by atoms with van der Waals surface area (Å²) in [5, 5.41) is 0. The van der Waals surface area contributed by atoms with Crippen molar-refractivity contribution in [3.63, 3.8) is 0 Å². The number of carbonyl (C=O) groups is 6. The van der Waals surface area contributed by atoms with Crippen LogP contribution in [0.2, 0.25) is 50.4 Å². The lowest BCUT2D eigenvalue weighted by Gasteiger charge is -2.37. The standard InChI is InChI=1S/2C18H21NO5Si/c2*1-19-6-8-10-7(5-9(25(2,3)4)11(8)16(19)20)14-12-13(15(10)23-14)18(22)24-17(12)21/h2*9,12-15H,5-6H2,1-4H3/t2*9-,12-,13+,14+,15-/m11/s1. The molecule has 4 fully saturated rings. The third-order valence-corrected chi connectivity index (χ3v) is 18.2. The average molecular weight is 719 g/mol. The van der Waals surface area contributed by atoms with E-state index < -0.39 is 75.9 Å². The fourth-order valence-electron chi connectivity index (χ4n) is 10.7. The number of nitrogens with zero attached hydrogens (tertiary/aromatic N) is 2. The monoisotopic (exact) mass is 718 g/mol. The van der Waals surface area contributed by atoms with Crippen LogP contribution in [0.4, 0.5) is 0 Å². The number of carbonyl (C=O) groups excluding carboxylic acids is 6. The number of hydrogen-bond donors (Lipinski definition) is 0. The summed E-state index contributed by atoms with van der Waals surface area (Å²) in [6, 6.07) is 0. The topological polar surface area (TPSA) is 146 Å². The van der Waals surface area contributed by atoms with Gasteiger partial charge in [0.05, 0.1) is 40.6 Å². The molecule has 14 heteroatoms. The summed E-state index contributed by atoms with van der Waals surface area (Å²) in [7, 11) is 0.365. The van der Waals surface area contributed by atoms with Crippen LogP contribution in [0.3, 0.4) is 0 Å². The Hall–Kier alpha value is -3.47. The SMILES string of the molecule is CN1CC2=C(C1=O)[C@H]([Si](C)(C)C)CC1=C2[C@H]2O[C@@H]1[C@@H]1C(=O)OC(=O)[C@@H]12.CN1CC2=C(C1=O)[C@H]([Si](C)(C)C)CC1=C2[C@H]2O[C@@H]1[C@@H]1C(=O)OC(=O)[C@@H]12. The van der Waals surface area contributed by atoms with Crippen molar-refractivity contribution >= 4 is 51.8 Å². The van der Waals surface area contributed by atoms with E-state index in [1.165, 1.54) is 0 Å². The van der Waals surface area contributed by atoms with E-state index in [1.807, 2.05) is 14.1 Å². The van der Waals surface area contributed by atoms with Crippen molar-refractivity contribution < 1.29 is 47.7 Å². The minimum Gasteiger partial charge on any atom is -0.393 e. The van der Waals surface area contributed by atoms with E-state index in [2.05, 4.69) is 39.3 Å². The number of likely N-dealkylation sites (N-methyl/N-ethyl adjacent to an activating group) is 2. The van der Waals surface area contributed by atoms with Crippen LogP contribution in [0, 0.1) is 23.7 Å². The Morgan fingerprint density at radius 1 is 0.500 bits per heavy atom. The summed E-state index contributed by atoms with van der Waals surface area (Å²) in [6.07, 6.45) is 0.00682. The molecule has 0 aromatic carbocycles. The molecule has 50 heavy (non-hydrogen) atoms. The van der Waals surface area contributed by atoms with Crippen molar-refractivity contribution in [3.8, 4) is 0 Å². The number of amides is 2. The zero-order valence-corrected chi connectivity index (χ0v) is 31.6. The second kappa shape index (κ2) is 10.1. The number of cyclic esters (lactones) is 4. The lowest BCUT2D eigenvalue weighted by atomic mass is 9.71. The lowest BCUT2D eigenvalue weighted by Crippen LogP contribution is -2.39. The van der Waals surface area contributed by atoms with Gasteiger partial charge in [-0.3, -0.25) is 28.8 Å². The van der Waals surface area contributed by atoms with E-state index in [4.69, 9.17) is 18.9 Å². The van der Waals surface area contributed by atoms with Gasteiger partial charge in [-0.2, -0.15) is 0 Å². The van der Waals surface area contributed by atoms with Crippen LogP contribution in [0.25, 0.3) is 0 Å². The molecule has 0 spiro atoms. The summed E-state index contributed by atoms with van der Waals surface area (Å²) >= 11 is 0. The first-order valence-electron chi connectivity index (χ1n) is 17.7. The maximum atomic E-state index is 12.8. The zero-order chi connectivity index (χ0) is 35.7. The van der Waals surface area contributed by atoms with Gasteiger partial charge >= 0.3 is 23.9 Å². The Morgan fingerprint density at radius 2 is 0.820 bits per heavy atom. The molecule has 8 heterocycles. The Kier molecular flexibility index (Phi) is 6.56. The smallest absolute Gasteiger partial charge is 0.320 e. The van der Waals surface area contributed by atoms with Crippen LogP contribution >= 0.6 is 0 Å². The van der Waals surface area contributed by atoms with E-state index >= 15 is 0 Å². The molecule has 2 aliphatic carbocycles. The molecule has 4 bridgehead atoms. The summed E-state index contributed by atoms with van der Waals surface area (Å²) < 4.78 is 22.0. The van der Waals surface area contributed by atoms with Gasteiger partial charge in [0.1, 0.15) is 23.7 Å². The molecule has 0 unspecified atom stereocenters. The van der Waals surface area contributed by atoms with Crippen molar-refractivity contribution in [3.05, 3.63) is 44.6 Å². The molecule has 4 saturated heterocycles. The van der Waals surface area contributed by atoms with Crippen LogP contribution in [-0.2, 0) is 47.7 Å². The van der Waals surface area contributed by atoms with Crippen molar-refractivity contribution in [2.24, 2.45) is 23.7 Å². The molecule has 10 atom stereocenters. The van der Waals surface area contributed by atoms with Gasteiger partial charge < -0.3 is 28.7 Å². The van der Waals surface area contributed by atoms with Gasteiger partial charge in [0.2, 0.25) is 11.8 Å². The third-order valence-electron chi connectivity index (χ3n) is 13.0. The van der Waals surface area contributed by atoms with Gasteiger partial charge in [0, 0.05) is 38.3 Å². The summed E-state index contributed by atoms with van der Waals surface area (Å²) in [5.74, 6) is -3.66. The molecule has 0 radical (unpaired) electrons. The maximum absolute atomic E-state index is 12.8. The molecule has 0 aromatic heterocycles. The molecular formula is C36H42N2O10Si2. The highest BCUT2D eigenvalue weighted by atomic mass is 28.3. The Balaban J connectivity index is 0.000000135. The molecule has 8 aliphatic heterocycles. The summed E-state index contributed by atoms with van der Waals surface area (Å²) in [5.41, 5.74) is 8.79. The first kappa shape index (κ1) is 32.4. The lowest BCUT2D eigenvalue weighted by molar-refractivity contribution is -0.158. The number of ether oxygens (including phenoxy) is 4. The van der Waals surface area contributed by atoms with E-state index in [1.54, 1.807) is 9.80 Å². The molecule has 10 aliphatic rings. The van der Waals surface area contributed by atoms with E-state index in [9.17, 15) is 28.8 Å². The predicted molar refractivity (Wildman–Crippen MR) is 180 cm³/mol. The molecule has 0 aromatic rings. The zero-order valence-electron chi connectivity index (χ0n) is 29.6. The number of esters is 4. The molecular weight excluding hydrogens is 677 g/mol. The highest BCUT2D eigenvalue weighted by Gasteiger charge is 2.68. The molecule has 12 nitrogen and oxygen atoms in total. The number of fused-ring (bicyclic) bond motifs is 16. The van der Waals surface area contributed by atoms with Gasteiger partial charge in [-0.1, -0.05) is 39.3 Å². The third kappa shape index (κ3) is 4.04. The number of hydrogen-bond acceptors (Lipinski definition) is 10. The van der Waals surface area contributed by atoms with Gasteiger partial charge in [0.15, 0.2) is 0 Å². The van der Waals surface area contributed by atoms with Crippen LogP contribution in [0.1, 0.15) is 12.8 Å². The largest absolute Gasteiger partial charge is 0.393 e. The first-order chi connectivity index (χ1) is 23.4. The van der Waals surface area contributed by atoms with Crippen LogP contribution < -0.4 is 0 Å². The van der Waals surface area contributed by atoms with Crippen LogP contribution in [0.15, 0.2) is 44.6 Å². The highest BCUT2D eigenvalue weighted by Crippen LogP contribution is 2.61. The molecule has 0 N–H and O–H groups in total. The van der Waals surface area contributed by atoms with Crippen LogP contribution in [-0.4, -0.2) is 113 Å². The van der Waals surface area contributed by atoms with Gasteiger partial charge in [0.25, 0.3) is 0 Å². The van der Waals surface area contributed by atoms with Crippen molar-refractivity contribution in [2.75, 3.05) is 27.2 Å². The Bertz CT molecular complexity index is 1780. The van der Waals surface area contributed by atoms with Crippen molar-refractivity contribution in [2.45, 2.75) is 87.6 Å². The molecule has 0 saturated carbocycles. The summed E-state index contributed by atoms with van der Waals surface area (Å²) in [4.78, 5) is 77.7. The highest BCUT2D eigenvalue weighted by molar-refractivity contribution is 6.79. The average Bonchev–Trinajstić information content (AvgIpc) is 3.88. The van der Waals surface area contributed by atoms with Gasteiger partial charge in [-0.25, -0.2) is 0 Å². The van der Waals surface area contributed by atoms with Crippen LogP contribution in [0.5, 0.6) is 0 Å².